The molecule has 3 atom stereocenters. The molecule has 2 aliphatic rings. The minimum Gasteiger partial charge on any atom is -0.285 e. The molecule has 3 rings (SSSR count). The summed E-state index contributed by atoms with van der Waals surface area (Å²) in [4.78, 5) is 5.83. The van der Waals surface area contributed by atoms with Crippen LogP contribution in [0.4, 0.5) is 8.78 Å². The van der Waals surface area contributed by atoms with Crippen LogP contribution < -0.4 is 0 Å². The first-order valence-electron chi connectivity index (χ1n) is 6.78. The molecule has 3 heterocycles. The van der Waals surface area contributed by atoms with Gasteiger partial charge in [-0.2, -0.15) is 5.26 Å². The van der Waals surface area contributed by atoms with E-state index in [1.807, 2.05) is 12.2 Å². The van der Waals surface area contributed by atoms with Gasteiger partial charge in [0.05, 0.1) is 23.1 Å². The van der Waals surface area contributed by atoms with Gasteiger partial charge in [-0.05, 0) is 24.5 Å². The van der Waals surface area contributed by atoms with Crippen LogP contribution in [0.15, 0.2) is 30.6 Å². The van der Waals surface area contributed by atoms with E-state index >= 15 is 0 Å². The zero-order valence-corrected chi connectivity index (χ0v) is 12.0. The summed E-state index contributed by atoms with van der Waals surface area (Å²) in [5.41, 5.74) is 0.0583. The van der Waals surface area contributed by atoms with Crippen molar-refractivity contribution < 1.29 is 8.78 Å². The van der Waals surface area contributed by atoms with Crippen LogP contribution in [0.1, 0.15) is 18.4 Å². The summed E-state index contributed by atoms with van der Waals surface area (Å²) in [5, 5.41) is 10.2. The van der Waals surface area contributed by atoms with Crippen molar-refractivity contribution in [3.63, 3.8) is 0 Å². The highest BCUT2D eigenvalue weighted by molar-refractivity contribution is 6.30. The highest BCUT2D eigenvalue weighted by Crippen LogP contribution is 2.44. The van der Waals surface area contributed by atoms with Crippen LogP contribution in [0.2, 0.25) is 5.02 Å². The van der Waals surface area contributed by atoms with Crippen molar-refractivity contribution in [1.82, 2.24) is 9.88 Å². The molecule has 2 aliphatic heterocycles. The van der Waals surface area contributed by atoms with Crippen LogP contribution in [0.5, 0.6) is 0 Å². The Balaban J connectivity index is 1.90. The molecule has 6 heteroatoms. The highest BCUT2D eigenvalue weighted by Gasteiger charge is 2.47. The second kappa shape index (κ2) is 5.36. The number of hydrogen-bond acceptors (Lipinski definition) is 3. The highest BCUT2D eigenvalue weighted by atomic mass is 35.5. The van der Waals surface area contributed by atoms with Crippen LogP contribution in [-0.2, 0) is 5.41 Å². The van der Waals surface area contributed by atoms with Crippen molar-refractivity contribution in [3.05, 3.63) is 41.2 Å². The average molecular weight is 310 g/mol. The van der Waals surface area contributed by atoms with Crippen LogP contribution in [0.25, 0.3) is 0 Å². The lowest BCUT2D eigenvalue weighted by atomic mass is 9.71. The van der Waals surface area contributed by atoms with Crippen LogP contribution in [0, 0.1) is 11.3 Å². The fourth-order valence-corrected chi connectivity index (χ4v) is 3.56. The second-order valence-electron chi connectivity index (χ2n) is 5.60. The number of pyridine rings is 1. The number of rotatable bonds is 3. The molecule has 1 unspecified atom stereocenters. The lowest BCUT2D eigenvalue weighted by Gasteiger charge is -2.43. The molecular formula is C15H14ClF2N3. The van der Waals surface area contributed by atoms with Gasteiger partial charge in [0.25, 0.3) is 6.43 Å². The molecule has 0 aromatic carbocycles. The standard InChI is InChI=1S/C15H14ClF2N3/c16-11-3-10(6-20-7-11)15(9-19)4-12-1-2-13(5-15)21(12)8-14(17)18/h1-3,6-7,12-14H,4-5,8H2/t12-,13+,15?. The molecule has 0 amide bonds. The van der Waals surface area contributed by atoms with E-state index in [9.17, 15) is 14.0 Å². The molecule has 110 valence electrons. The number of nitriles is 1. The maximum absolute atomic E-state index is 12.7. The third-order valence-corrected chi connectivity index (χ3v) is 4.55. The Kier molecular flexibility index (Phi) is 3.68. The number of hydrogen-bond donors (Lipinski definition) is 0. The smallest absolute Gasteiger partial charge is 0.251 e. The van der Waals surface area contributed by atoms with Gasteiger partial charge in [-0.3, -0.25) is 9.88 Å². The molecule has 0 saturated carbocycles. The molecule has 0 aliphatic carbocycles. The van der Waals surface area contributed by atoms with Crippen molar-refractivity contribution in [1.29, 1.82) is 5.26 Å². The molecular weight excluding hydrogens is 296 g/mol. The summed E-state index contributed by atoms with van der Waals surface area (Å²) in [6.07, 6.45) is 5.66. The predicted octanol–water partition coefficient (Wildman–Crippen LogP) is 3.16. The average Bonchev–Trinajstić information content (AvgIpc) is 2.70. The van der Waals surface area contributed by atoms with Gasteiger partial charge in [-0.15, -0.1) is 0 Å². The lowest BCUT2D eigenvalue weighted by molar-refractivity contribution is 0.0381. The summed E-state index contributed by atoms with van der Waals surface area (Å²) in [7, 11) is 0. The van der Waals surface area contributed by atoms with E-state index in [-0.39, 0.29) is 18.6 Å². The monoisotopic (exact) mass is 309 g/mol. The summed E-state index contributed by atoms with van der Waals surface area (Å²) in [6, 6.07) is 3.88. The Bertz CT molecular complexity index is 595. The van der Waals surface area contributed by atoms with Crippen LogP contribution >= 0.6 is 11.6 Å². The predicted molar refractivity (Wildman–Crippen MR) is 75.2 cm³/mol. The first kappa shape index (κ1) is 14.4. The van der Waals surface area contributed by atoms with Crippen molar-refractivity contribution in [2.75, 3.05) is 6.54 Å². The molecule has 2 bridgehead atoms. The summed E-state index contributed by atoms with van der Waals surface area (Å²) in [5.74, 6) is 0. The van der Waals surface area contributed by atoms with Crippen LogP contribution in [-0.4, -0.2) is 34.9 Å². The minimum atomic E-state index is -2.36. The molecule has 0 N–H and O–H groups in total. The van der Waals surface area contributed by atoms with Gasteiger partial charge in [0.2, 0.25) is 0 Å². The first-order chi connectivity index (χ1) is 10.0. The topological polar surface area (TPSA) is 39.9 Å². The van der Waals surface area contributed by atoms with Gasteiger partial charge >= 0.3 is 0 Å². The Morgan fingerprint density at radius 2 is 2.05 bits per heavy atom. The van der Waals surface area contributed by atoms with Gasteiger partial charge < -0.3 is 0 Å². The second-order valence-corrected chi connectivity index (χ2v) is 6.04. The fraction of sp³-hybridized carbons (Fsp3) is 0.467. The van der Waals surface area contributed by atoms with Crippen molar-refractivity contribution in [3.8, 4) is 6.07 Å². The van der Waals surface area contributed by atoms with Crippen LogP contribution in [0.3, 0.4) is 0 Å². The molecule has 0 radical (unpaired) electrons. The van der Waals surface area contributed by atoms with Gasteiger partial charge in [-0.25, -0.2) is 8.78 Å². The SMILES string of the molecule is N#CC1(c2cncc(Cl)c2)C[C@H]2C=C[C@@H](C1)N2CC(F)F. The van der Waals surface area contributed by atoms with E-state index in [4.69, 9.17) is 11.6 Å². The zero-order chi connectivity index (χ0) is 15.0. The van der Waals surface area contributed by atoms with Gasteiger partial charge in [0, 0.05) is 24.5 Å². The van der Waals surface area contributed by atoms with E-state index in [0.717, 1.165) is 5.56 Å². The Morgan fingerprint density at radius 3 is 2.57 bits per heavy atom. The largest absolute Gasteiger partial charge is 0.285 e. The Labute approximate surface area is 126 Å². The van der Waals surface area contributed by atoms with Gasteiger partial charge in [-0.1, -0.05) is 23.8 Å². The third kappa shape index (κ3) is 2.54. The summed E-state index contributed by atoms with van der Waals surface area (Å²) < 4.78 is 25.4. The zero-order valence-electron chi connectivity index (χ0n) is 11.2. The van der Waals surface area contributed by atoms with Gasteiger partial charge in [0.15, 0.2) is 0 Å². The number of halogens is 3. The lowest BCUT2D eigenvalue weighted by Crippen LogP contribution is -2.51. The maximum Gasteiger partial charge on any atom is 0.251 e. The molecule has 1 saturated heterocycles. The third-order valence-electron chi connectivity index (χ3n) is 4.34. The van der Waals surface area contributed by atoms with Crippen molar-refractivity contribution >= 4 is 11.6 Å². The fourth-order valence-electron chi connectivity index (χ4n) is 3.39. The van der Waals surface area contributed by atoms with Crippen molar-refractivity contribution in [2.24, 2.45) is 0 Å². The molecule has 1 aromatic rings. The number of aromatic nitrogens is 1. The van der Waals surface area contributed by atoms with E-state index in [2.05, 4.69) is 11.1 Å². The molecule has 3 nitrogen and oxygen atoms in total. The number of alkyl halides is 2. The van der Waals surface area contributed by atoms with Crippen molar-refractivity contribution in [2.45, 2.75) is 36.8 Å². The number of fused-ring (bicyclic) bond motifs is 2. The molecule has 21 heavy (non-hydrogen) atoms. The number of piperidine rings is 1. The summed E-state index contributed by atoms with van der Waals surface area (Å²) >= 11 is 5.97. The summed E-state index contributed by atoms with van der Waals surface area (Å²) in [6.45, 7) is -0.252. The molecule has 1 aromatic heterocycles. The van der Waals surface area contributed by atoms with E-state index in [0.29, 0.717) is 17.9 Å². The molecule has 0 spiro atoms. The normalized spacial score (nSPS) is 31.6. The first-order valence-corrected chi connectivity index (χ1v) is 7.16. The maximum atomic E-state index is 12.7. The van der Waals surface area contributed by atoms with Gasteiger partial charge in [0.1, 0.15) is 0 Å². The Hall–Kier alpha value is -1.51. The minimum absolute atomic E-state index is 0.128. The van der Waals surface area contributed by atoms with E-state index in [1.54, 1.807) is 17.2 Å². The van der Waals surface area contributed by atoms with E-state index < -0.39 is 11.8 Å². The number of nitrogens with zero attached hydrogens (tertiary/aromatic N) is 3. The quantitative estimate of drug-likeness (QED) is 0.805. The Morgan fingerprint density at radius 1 is 1.38 bits per heavy atom. The molecule has 1 fully saturated rings. The van der Waals surface area contributed by atoms with E-state index in [1.165, 1.54) is 6.20 Å².